The van der Waals surface area contributed by atoms with Crippen LogP contribution in [0.25, 0.3) is 0 Å². The maximum Gasteiger partial charge on any atom is 0.309 e. The number of hydrogen-bond donors (Lipinski definition) is 4. The Morgan fingerprint density at radius 1 is 1.13 bits per heavy atom. The first-order valence-electron chi connectivity index (χ1n) is 9.77. The fraction of sp³-hybridized carbons (Fsp3) is 0.619. The number of carboxylic acids is 1. The first kappa shape index (κ1) is 26.4. The van der Waals surface area contributed by atoms with E-state index in [2.05, 4.69) is 15.9 Å². The summed E-state index contributed by atoms with van der Waals surface area (Å²) in [4.78, 5) is 23.7. The third-order valence-electron chi connectivity index (χ3n) is 5.14. The van der Waals surface area contributed by atoms with Gasteiger partial charge in [-0.3, -0.25) is 9.59 Å². The average molecular weight is 491 g/mol. The predicted molar refractivity (Wildman–Crippen MR) is 113 cm³/mol. The molecule has 0 saturated carbocycles. The van der Waals surface area contributed by atoms with Crippen molar-refractivity contribution in [2.45, 2.75) is 64.4 Å². The molecule has 0 fully saturated rings. The van der Waals surface area contributed by atoms with Crippen LogP contribution in [0.1, 0.15) is 51.7 Å². The number of aliphatic carboxylic acids is 1. The van der Waals surface area contributed by atoms with Gasteiger partial charge in [0.05, 0.1) is 30.7 Å². The lowest BCUT2D eigenvalue weighted by Gasteiger charge is -2.29. The zero-order chi connectivity index (χ0) is 23.0. The van der Waals surface area contributed by atoms with Crippen LogP contribution >= 0.6 is 15.9 Å². The second-order valence-corrected chi connectivity index (χ2v) is 8.43. The highest BCUT2D eigenvalue weighted by Crippen LogP contribution is 2.34. The number of aliphatic hydroxyl groups excluding tert-OH is 2. The van der Waals surface area contributed by atoms with E-state index in [-0.39, 0.29) is 17.8 Å². The molecule has 0 aromatic heterocycles. The molecule has 0 aliphatic heterocycles. The van der Waals surface area contributed by atoms with Crippen LogP contribution in [0.5, 0.6) is 5.75 Å². The molecular weight excluding hydrogens is 460 g/mol. The van der Waals surface area contributed by atoms with Gasteiger partial charge in [-0.2, -0.15) is 0 Å². The fourth-order valence-electron chi connectivity index (χ4n) is 3.15. The molecule has 4 N–H and O–H groups in total. The molecule has 6 atom stereocenters. The van der Waals surface area contributed by atoms with Gasteiger partial charge >= 0.3 is 11.9 Å². The number of halogens is 1. The molecule has 1 aromatic rings. The highest BCUT2D eigenvalue weighted by Gasteiger charge is 2.33. The van der Waals surface area contributed by atoms with Crippen LogP contribution < -0.4 is 0 Å². The van der Waals surface area contributed by atoms with Crippen molar-refractivity contribution in [2.24, 2.45) is 11.8 Å². The topological polar surface area (TPSA) is 134 Å². The Kier molecular flexibility index (Phi) is 10.8. The number of phenolic OH excluding ortho intramolecular Hbond substituents is 1. The van der Waals surface area contributed by atoms with E-state index in [9.17, 15) is 30.0 Å². The van der Waals surface area contributed by atoms with Crippen molar-refractivity contribution in [1.29, 1.82) is 0 Å². The number of benzene rings is 1. The summed E-state index contributed by atoms with van der Waals surface area (Å²) in [5.74, 6) is -3.05. The van der Waals surface area contributed by atoms with Crippen LogP contribution in [0.4, 0.5) is 0 Å². The summed E-state index contributed by atoms with van der Waals surface area (Å²) in [6, 6.07) is 4.86. The minimum absolute atomic E-state index is 0.103. The molecular formula is C21H31BrO8. The minimum atomic E-state index is -1.28. The maximum absolute atomic E-state index is 12.2. The lowest BCUT2D eigenvalue weighted by Crippen LogP contribution is -2.37. The molecule has 0 amide bonds. The largest absolute Gasteiger partial charge is 0.508 e. The summed E-state index contributed by atoms with van der Waals surface area (Å²) < 4.78 is 11.7. The molecule has 8 nitrogen and oxygen atoms in total. The van der Waals surface area contributed by atoms with E-state index < -0.39 is 42.6 Å². The van der Waals surface area contributed by atoms with E-state index in [1.165, 1.54) is 13.8 Å². The smallest absolute Gasteiger partial charge is 0.309 e. The quantitative estimate of drug-likeness (QED) is 0.328. The number of carboxylic acid groups (broad SMARTS) is 1. The number of ether oxygens (including phenoxy) is 2. The lowest BCUT2D eigenvalue weighted by molar-refractivity contribution is -0.164. The Balaban J connectivity index is 2.88. The van der Waals surface area contributed by atoms with Crippen LogP contribution in [-0.4, -0.2) is 57.8 Å². The summed E-state index contributed by atoms with van der Waals surface area (Å²) in [7, 11) is 1.54. The number of phenols is 1. The van der Waals surface area contributed by atoms with Crippen molar-refractivity contribution in [3.63, 3.8) is 0 Å². The summed E-state index contributed by atoms with van der Waals surface area (Å²) in [6.45, 7) is 4.59. The number of rotatable bonds is 12. The second kappa shape index (κ2) is 12.2. The van der Waals surface area contributed by atoms with E-state index in [1.54, 1.807) is 32.2 Å². The summed E-state index contributed by atoms with van der Waals surface area (Å²) >= 11 is 3.44. The van der Waals surface area contributed by atoms with Crippen molar-refractivity contribution >= 4 is 27.9 Å². The van der Waals surface area contributed by atoms with Crippen molar-refractivity contribution in [3.8, 4) is 5.75 Å². The van der Waals surface area contributed by atoms with Gasteiger partial charge in [-0.25, -0.2) is 0 Å². The zero-order valence-corrected chi connectivity index (χ0v) is 19.2. The first-order chi connectivity index (χ1) is 14.0. The molecule has 1 rings (SSSR count). The Morgan fingerprint density at radius 2 is 1.77 bits per heavy atom. The van der Waals surface area contributed by atoms with Crippen molar-refractivity contribution in [2.75, 3.05) is 7.11 Å². The highest BCUT2D eigenvalue weighted by molar-refractivity contribution is 9.10. The van der Waals surface area contributed by atoms with E-state index in [0.717, 1.165) is 10.0 Å². The van der Waals surface area contributed by atoms with E-state index in [0.29, 0.717) is 12.8 Å². The van der Waals surface area contributed by atoms with Gasteiger partial charge in [-0.15, -0.1) is 0 Å². The monoisotopic (exact) mass is 490 g/mol. The second-order valence-electron chi connectivity index (χ2n) is 7.58. The fourth-order valence-corrected chi connectivity index (χ4v) is 3.65. The molecule has 0 saturated heterocycles. The number of carbonyl (C=O) groups excluding carboxylic acids is 1. The number of aliphatic hydroxyl groups is 2. The van der Waals surface area contributed by atoms with Gasteiger partial charge in [0.1, 0.15) is 11.9 Å². The number of esters is 1. The molecule has 1 aromatic carbocycles. The van der Waals surface area contributed by atoms with Gasteiger partial charge in [0, 0.05) is 11.6 Å². The molecule has 0 spiro atoms. The molecule has 9 heteroatoms. The molecule has 0 aliphatic rings. The number of hydrogen-bond acceptors (Lipinski definition) is 7. The Bertz CT molecular complexity index is 708. The summed E-state index contributed by atoms with van der Waals surface area (Å²) in [6.07, 6.45) is -3.11. The SMILES string of the molecule is CO[C@@H](CC[C@H](C)[C@@H](OC(=O)C[C@@H](O)[C@@H](C)O)[C@@H](C)C(=O)O)c1cc(O)ccc1Br. The molecule has 0 aliphatic carbocycles. The minimum Gasteiger partial charge on any atom is -0.508 e. The van der Waals surface area contributed by atoms with Gasteiger partial charge in [-0.1, -0.05) is 22.9 Å². The van der Waals surface area contributed by atoms with Crippen LogP contribution in [0, 0.1) is 11.8 Å². The number of aromatic hydroxyl groups is 1. The van der Waals surface area contributed by atoms with Gasteiger partial charge < -0.3 is 29.9 Å². The Hall–Kier alpha value is -1.68. The van der Waals surface area contributed by atoms with Crippen LogP contribution in [0.2, 0.25) is 0 Å². The molecule has 0 bridgehead atoms. The first-order valence-corrected chi connectivity index (χ1v) is 10.6. The molecule has 170 valence electrons. The maximum atomic E-state index is 12.2. The summed E-state index contributed by atoms with van der Waals surface area (Å²) in [5, 5.41) is 38.2. The molecule has 0 unspecified atom stereocenters. The van der Waals surface area contributed by atoms with Crippen LogP contribution in [-0.2, 0) is 19.1 Å². The summed E-state index contributed by atoms with van der Waals surface area (Å²) in [5.41, 5.74) is 0.754. The number of methoxy groups -OCH3 is 1. The van der Waals surface area contributed by atoms with Crippen LogP contribution in [0.3, 0.4) is 0 Å². The van der Waals surface area contributed by atoms with Crippen molar-refractivity contribution in [3.05, 3.63) is 28.2 Å². The standard InChI is InChI=1S/C21H31BrO8/c1-11(5-8-18(29-4)15-9-14(24)6-7-16(15)22)20(12(2)21(27)28)30-19(26)10-17(25)13(3)23/h6-7,9,11-13,17-18,20,23-25H,5,8,10H2,1-4H3,(H,27,28)/t11-,12+,13+,17+,18-,20+/m0/s1. The third kappa shape index (κ3) is 7.86. The normalized spacial score (nSPS) is 17.4. The third-order valence-corrected chi connectivity index (χ3v) is 5.86. The van der Waals surface area contributed by atoms with Gasteiger partial charge in [0.2, 0.25) is 0 Å². The molecule has 0 radical (unpaired) electrons. The van der Waals surface area contributed by atoms with E-state index >= 15 is 0 Å². The van der Waals surface area contributed by atoms with Crippen LogP contribution in [0.15, 0.2) is 22.7 Å². The van der Waals surface area contributed by atoms with E-state index in [1.807, 2.05) is 0 Å². The zero-order valence-electron chi connectivity index (χ0n) is 17.6. The van der Waals surface area contributed by atoms with E-state index in [4.69, 9.17) is 9.47 Å². The van der Waals surface area contributed by atoms with Crippen molar-refractivity contribution < 1.29 is 39.5 Å². The van der Waals surface area contributed by atoms with Gasteiger partial charge in [-0.05, 0) is 56.4 Å². The average Bonchev–Trinajstić information content (AvgIpc) is 2.68. The Morgan fingerprint density at radius 3 is 2.30 bits per heavy atom. The molecule has 0 heterocycles. The van der Waals surface area contributed by atoms with Gasteiger partial charge in [0.25, 0.3) is 0 Å². The molecule has 30 heavy (non-hydrogen) atoms. The highest BCUT2D eigenvalue weighted by atomic mass is 79.9. The van der Waals surface area contributed by atoms with Crippen molar-refractivity contribution in [1.82, 2.24) is 0 Å². The predicted octanol–water partition coefficient (Wildman–Crippen LogP) is 3.02. The lowest BCUT2D eigenvalue weighted by atomic mass is 9.88. The Labute approximate surface area is 185 Å². The number of carbonyl (C=O) groups is 2. The van der Waals surface area contributed by atoms with Gasteiger partial charge in [0.15, 0.2) is 0 Å².